The van der Waals surface area contributed by atoms with Crippen LogP contribution in [-0.4, -0.2) is 17.9 Å². The van der Waals surface area contributed by atoms with E-state index in [1.165, 1.54) is 0 Å². The molecule has 0 rings (SSSR count). The molecule has 0 aromatic heterocycles. The Kier molecular flexibility index (Phi) is 5.53. The van der Waals surface area contributed by atoms with E-state index < -0.39 is 0 Å². The molecule has 0 fully saturated rings. The Labute approximate surface area is 77.6 Å². The van der Waals surface area contributed by atoms with Gasteiger partial charge in [0.1, 0.15) is 0 Å². The summed E-state index contributed by atoms with van der Waals surface area (Å²) in [5, 5.41) is 2.68. The molecule has 2 N–H and O–H groups in total. The second-order valence-corrected chi connectivity index (χ2v) is 2.98. The largest absolute Gasteiger partial charge is 0.354 e. The first-order chi connectivity index (χ1) is 5.56. The van der Waals surface area contributed by atoms with Crippen LogP contribution in [0, 0.1) is 0 Å². The van der Waals surface area contributed by atoms with Crippen LogP contribution in [0.15, 0.2) is 0 Å². The van der Waals surface area contributed by atoms with E-state index in [9.17, 15) is 9.59 Å². The van der Waals surface area contributed by atoms with Crippen molar-refractivity contribution in [2.45, 2.75) is 32.7 Å². The normalized spacial score (nSPS) is 9.67. The Balaban J connectivity index is 3.51. The number of rotatable bonds is 4. The maximum Gasteiger partial charge on any atom is 0.230 e. The molecule has 0 aliphatic rings. The van der Waals surface area contributed by atoms with E-state index in [4.69, 9.17) is 0 Å². The van der Waals surface area contributed by atoms with Gasteiger partial charge in [0.25, 0.3) is 0 Å². The van der Waals surface area contributed by atoms with E-state index in [-0.39, 0.29) is 30.7 Å². The van der Waals surface area contributed by atoms with Crippen molar-refractivity contribution in [3.05, 3.63) is 0 Å². The summed E-state index contributed by atoms with van der Waals surface area (Å²) in [6.45, 7) is 3.74. The van der Waals surface area contributed by atoms with Gasteiger partial charge in [-0.05, 0) is 13.8 Å². The van der Waals surface area contributed by atoms with E-state index >= 15 is 0 Å². The SMILES string of the molecule is CC(C)NC(=O)CCC(=O)NS. The van der Waals surface area contributed by atoms with Crippen molar-refractivity contribution in [2.24, 2.45) is 0 Å². The molecule has 2 amide bonds. The highest BCUT2D eigenvalue weighted by atomic mass is 32.1. The van der Waals surface area contributed by atoms with E-state index in [1.807, 2.05) is 13.8 Å². The second kappa shape index (κ2) is 5.88. The van der Waals surface area contributed by atoms with Gasteiger partial charge in [-0.2, -0.15) is 0 Å². The lowest BCUT2D eigenvalue weighted by Gasteiger charge is -2.06. The number of nitrogens with one attached hydrogen (secondary N) is 2. The second-order valence-electron chi connectivity index (χ2n) is 2.76. The average Bonchev–Trinajstić information content (AvgIpc) is 1.99. The Morgan fingerprint density at radius 3 is 2.17 bits per heavy atom. The molecule has 12 heavy (non-hydrogen) atoms. The van der Waals surface area contributed by atoms with Crippen molar-refractivity contribution in [1.29, 1.82) is 0 Å². The molecule has 0 atom stereocenters. The van der Waals surface area contributed by atoms with Gasteiger partial charge < -0.3 is 10.0 Å². The quantitative estimate of drug-likeness (QED) is 0.557. The van der Waals surface area contributed by atoms with Gasteiger partial charge in [0.15, 0.2) is 0 Å². The molecule has 0 aliphatic carbocycles. The van der Waals surface area contributed by atoms with Crippen LogP contribution in [0.4, 0.5) is 0 Å². The number of hydrogen-bond acceptors (Lipinski definition) is 3. The van der Waals surface area contributed by atoms with Crippen LogP contribution in [0.25, 0.3) is 0 Å². The van der Waals surface area contributed by atoms with Crippen LogP contribution < -0.4 is 10.0 Å². The number of carbonyl (C=O) groups excluding carboxylic acids is 2. The summed E-state index contributed by atoms with van der Waals surface area (Å²) in [5.41, 5.74) is 0. The molecule has 0 bridgehead atoms. The Hall–Kier alpha value is -0.710. The lowest BCUT2D eigenvalue weighted by molar-refractivity contribution is -0.125. The molecule has 0 aromatic rings. The van der Waals surface area contributed by atoms with Gasteiger partial charge in [0.2, 0.25) is 11.8 Å². The first-order valence-electron chi connectivity index (χ1n) is 3.78. The molecule has 0 radical (unpaired) electrons. The third kappa shape index (κ3) is 6.03. The minimum atomic E-state index is -0.239. The molecule has 0 aromatic carbocycles. The molecule has 0 aliphatic heterocycles. The van der Waals surface area contributed by atoms with Gasteiger partial charge in [-0.1, -0.05) is 12.8 Å². The Morgan fingerprint density at radius 2 is 1.75 bits per heavy atom. The van der Waals surface area contributed by atoms with E-state index in [0.717, 1.165) is 0 Å². The van der Waals surface area contributed by atoms with Crippen molar-refractivity contribution >= 4 is 24.6 Å². The smallest absolute Gasteiger partial charge is 0.230 e. The Bertz CT molecular complexity index is 171. The predicted octanol–water partition coefficient (Wildman–Crippen LogP) is 0.252. The molecule has 0 heterocycles. The minimum Gasteiger partial charge on any atom is -0.354 e. The monoisotopic (exact) mass is 190 g/mol. The predicted molar refractivity (Wildman–Crippen MR) is 49.6 cm³/mol. The van der Waals surface area contributed by atoms with Crippen LogP contribution in [0.2, 0.25) is 0 Å². The maximum absolute atomic E-state index is 11.0. The van der Waals surface area contributed by atoms with Gasteiger partial charge in [-0.3, -0.25) is 9.59 Å². The van der Waals surface area contributed by atoms with Gasteiger partial charge in [0, 0.05) is 18.9 Å². The summed E-state index contributed by atoms with van der Waals surface area (Å²) in [4.78, 5) is 21.6. The van der Waals surface area contributed by atoms with Crippen molar-refractivity contribution in [3.8, 4) is 0 Å². The highest BCUT2D eigenvalue weighted by molar-refractivity contribution is 7.78. The lowest BCUT2D eigenvalue weighted by Crippen LogP contribution is -2.30. The van der Waals surface area contributed by atoms with Crippen LogP contribution in [0.3, 0.4) is 0 Å². The summed E-state index contributed by atoms with van der Waals surface area (Å²) in [5.74, 6) is -0.348. The highest BCUT2D eigenvalue weighted by Crippen LogP contribution is 1.90. The number of amides is 2. The summed E-state index contributed by atoms with van der Waals surface area (Å²) in [6.07, 6.45) is 0.395. The number of thiol groups is 1. The van der Waals surface area contributed by atoms with Crippen molar-refractivity contribution < 1.29 is 9.59 Å². The molecule has 0 spiro atoms. The highest BCUT2D eigenvalue weighted by Gasteiger charge is 2.05. The topological polar surface area (TPSA) is 58.2 Å². The standard InChI is InChI=1S/C7H14N2O2S/c1-5(2)8-6(10)3-4-7(11)9-12/h5,12H,3-4H2,1-2H3,(H,8,10)(H,9,11). The fourth-order valence-electron chi connectivity index (χ4n) is 0.677. The third-order valence-corrected chi connectivity index (χ3v) is 1.40. The Morgan fingerprint density at radius 1 is 1.25 bits per heavy atom. The van der Waals surface area contributed by atoms with Crippen molar-refractivity contribution in [3.63, 3.8) is 0 Å². The maximum atomic E-state index is 11.0. The fraction of sp³-hybridized carbons (Fsp3) is 0.714. The summed E-state index contributed by atoms with van der Waals surface area (Å²) in [6, 6.07) is 0.122. The molecule has 4 nitrogen and oxygen atoms in total. The van der Waals surface area contributed by atoms with Gasteiger partial charge in [0.05, 0.1) is 0 Å². The fourth-order valence-corrected chi connectivity index (χ4v) is 0.789. The van der Waals surface area contributed by atoms with Crippen LogP contribution >= 0.6 is 12.8 Å². The first kappa shape index (κ1) is 11.3. The van der Waals surface area contributed by atoms with Crippen molar-refractivity contribution in [2.75, 3.05) is 0 Å². The third-order valence-electron chi connectivity index (χ3n) is 1.15. The van der Waals surface area contributed by atoms with E-state index in [2.05, 4.69) is 22.9 Å². The van der Waals surface area contributed by atoms with E-state index in [1.54, 1.807) is 0 Å². The minimum absolute atomic E-state index is 0.109. The van der Waals surface area contributed by atoms with Crippen LogP contribution in [0.5, 0.6) is 0 Å². The van der Waals surface area contributed by atoms with Crippen LogP contribution in [0.1, 0.15) is 26.7 Å². The number of hydrogen-bond donors (Lipinski definition) is 3. The van der Waals surface area contributed by atoms with E-state index in [0.29, 0.717) is 0 Å². The summed E-state index contributed by atoms with van der Waals surface area (Å²) < 4.78 is 2.15. The zero-order valence-electron chi connectivity index (χ0n) is 7.26. The number of carbonyl (C=O) groups is 2. The van der Waals surface area contributed by atoms with Crippen LogP contribution in [-0.2, 0) is 9.59 Å². The van der Waals surface area contributed by atoms with Crippen molar-refractivity contribution in [1.82, 2.24) is 10.0 Å². The van der Waals surface area contributed by atoms with Gasteiger partial charge in [-0.25, -0.2) is 0 Å². The first-order valence-corrected chi connectivity index (χ1v) is 4.23. The molecule has 0 saturated carbocycles. The summed E-state index contributed by atoms with van der Waals surface area (Å²) >= 11 is 3.56. The average molecular weight is 190 g/mol. The zero-order chi connectivity index (χ0) is 9.56. The van der Waals surface area contributed by atoms with Gasteiger partial charge in [-0.15, -0.1) is 0 Å². The van der Waals surface area contributed by atoms with Gasteiger partial charge >= 0.3 is 0 Å². The molecular formula is C7H14N2O2S. The molecule has 0 saturated heterocycles. The molecule has 5 heteroatoms. The molecular weight excluding hydrogens is 176 g/mol. The molecule has 0 unspecified atom stereocenters. The lowest BCUT2D eigenvalue weighted by atomic mass is 10.2. The molecule has 70 valence electrons. The summed E-state index contributed by atoms with van der Waals surface area (Å²) in [7, 11) is 0. The zero-order valence-corrected chi connectivity index (χ0v) is 8.15.